The van der Waals surface area contributed by atoms with Crippen LogP contribution in [0, 0.1) is 10.1 Å². The highest BCUT2D eigenvalue weighted by Gasteiger charge is 2.20. The van der Waals surface area contributed by atoms with Gasteiger partial charge in [0, 0.05) is 6.07 Å². The molecule has 7 nitrogen and oxygen atoms in total. The van der Waals surface area contributed by atoms with Crippen LogP contribution in [0.5, 0.6) is 0 Å². The highest BCUT2D eigenvalue weighted by molar-refractivity contribution is 7.18. The molecule has 0 saturated heterocycles. The molecule has 16 heavy (non-hydrogen) atoms. The molecule has 2 heterocycles. The van der Waals surface area contributed by atoms with Gasteiger partial charge in [-0.2, -0.15) is 0 Å². The van der Waals surface area contributed by atoms with Gasteiger partial charge in [0.15, 0.2) is 5.76 Å². The molecule has 0 atom stereocenters. The second-order valence-electron chi connectivity index (χ2n) is 2.77. The number of aromatic nitrogens is 1. The molecule has 2 aromatic rings. The zero-order valence-corrected chi connectivity index (χ0v) is 8.43. The standard InChI is InChI=1S/C8H4N2O5S/c11-8(12)4-3-9-15-7(4)5-1-2-6(16-5)10(13)14/h1-3H,(H,11,12). The molecule has 0 aliphatic rings. The number of nitrogens with zero attached hydrogens (tertiary/aromatic N) is 2. The van der Waals surface area contributed by atoms with Gasteiger partial charge in [0.2, 0.25) is 0 Å². The second-order valence-corrected chi connectivity index (χ2v) is 3.83. The Morgan fingerprint density at radius 3 is 2.88 bits per heavy atom. The van der Waals surface area contributed by atoms with Crippen molar-refractivity contribution < 1.29 is 19.3 Å². The molecular weight excluding hydrogens is 236 g/mol. The number of hydrogen-bond acceptors (Lipinski definition) is 6. The molecule has 1 N–H and O–H groups in total. The first-order valence-corrected chi connectivity index (χ1v) is 4.84. The maximum atomic E-state index is 10.8. The fourth-order valence-corrected chi connectivity index (χ4v) is 1.93. The van der Waals surface area contributed by atoms with Gasteiger partial charge in [0.05, 0.1) is 16.0 Å². The van der Waals surface area contributed by atoms with Crippen LogP contribution >= 0.6 is 11.3 Å². The van der Waals surface area contributed by atoms with Gasteiger partial charge in [-0.3, -0.25) is 10.1 Å². The number of carboxylic acid groups (broad SMARTS) is 1. The predicted octanol–water partition coefficient (Wildman–Crippen LogP) is 2.01. The normalized spacial score (nSPS) is 10.2. The fourth-order valence-electron chi connectivity index (χ4n) is 1.12. The van der Waals surface area contributed by atoms with Crippen molar-refractivity contribution >= 4 is 22.3 Å². The predicted molar refractivity (Wildman–Crippen MR) is 53.4 cm³/mol. The minimum Gasteiger partial charge on any atom is -0.477 e. The Kier molecular flexibility index (Phi) is 2.41. The van der Waals surface area contributed by atoms with E-state index < -0.39 is 10.9 Å². The van der Waals surface area contributed by atoms with Gasteiger partial charge in [0.1, 0.15) is 5.56 Å². The van der Waals surface area contributed by atoms with Crippen molar-refractivity contribution in [2.24, 2.45) is 0 Å². The third kappa shape index (κ3) is 1.65. The summed E-state index contributed by atoms with van der Waals surface area (Å²) in [4.78, 5) is 21.0. The SMILES string of the molecule is O=C(O)c1cnoc1-c1ccc([N+](=O)[O-])s1. The van der Waals surface area contributed by atoms with E-state index in [0.29, 0.717) is 4.88 Å². The Balaban J connectivity index is 2.46. The molecule has 0 bridgehead atoms. The Bertz CT molecular complexity index is 558. The van der Waals surface area contributed by atoms with E-state index in [9.17, 15) is 14.9 Å². The van der Waals surface area contributed by atoms with Crippen LogP contribution in [-0.4, -0.2) is 21.2 Å². The van der Waals surface area contributed by atoms with Crippen molar-refractivity contribution in [3.8, 4) is 10.6 Å². The number of thiophene rings is 1. The van der Waals surface area contributed by atoms with Crippen molar-refractivity contribution in [1.29, 1.82) is 0 Å². The lowest BCUT2D eigenvalue weighted by atomic mass is 10.2. The van der Waals surface area contributed by atoms with Crippen LogP contribution in [0.2, 0.25) is 0 Å². The van der Waals surface area contributed by atoms with Crippen molar-refractivity contribution in [3.05, 3.63) is 34.0 Å². The molecule has 0 aliphatic heterocycles. The number of carboxylic acids is 1. The topological polar surface area (TPSA) is 106 Å². The van der Waals surface area contributed by atoms with Gasteiger partial charge in [-0.05, 0) is 6.07 Å². The first-order valence-electron chi connectivity index (χ1n) is 4.02. The molecular formula is C8H4N2O5S. The Labute approximate surface area is 92.1 Å². The summed E-state index contributed by atoms with van der Waals surface area (Å²) in [5.41, 5.74) is -0.114. The third-order valence-electron chi connectivity index (χ3n) is 1.80. The third-order valence-corrected chi connectivity index (χ3v) is 2.83. The van der Waals surface area contributed by atoms with Crippen molar-refractivity contribution in [3.63, 3.8) is 0 Å². The second kappa shape index (κ2) is 3.74. The van der Waals surface area contributed by atoms with E-state index in [1.807, 2.05) is 0 Å². The number of nitro groups is 1. The lowest BCUT2D eigenvalue weighted by Gasteiger charge is -1.90. The van der Waals surface area contributed by atoms with E-state index in [2.05, 4.69) is 5.16 Å². The summed E-state index contributed by atoms with van der Waals surface area (Å²) in [5.74, 6) is -1.15. The summed E-state index contributed by atoms with van der Waals surface area (Å²) < 4.78 is 4.76. The summed E-state index contributed by atoms with van der Waals surface area (Å²) in [6.45, 7) is 0. The van der Waals surface area contributed by atoms with Gasteiger partial charge in [0.25, 0.3) is 0 Å². The molecule has 0 unspecified atom stereocenters. The van der Waals surface area contributed by atoms with Crippen LogP contribution in [0.25, 0.3) is 10.6 Å². The molecule has 2 rings (SSSR count). The highest BCUT2D eigenvalue weighted by atomic mass is 32.1. The maximum absolute atomic E-state index is 10.8. The van der Waals surface area contributed by atoms with E-state index in [1.54, 1.807) is 0 Å². The lowest BCUT2D eigenvalue weighted by molar-refractivity contribution is -0.380. The average Bonchev–Trinajstić information content (AvgIpc) is 2.86. The Morgan fingerprint density at radius 1 is 1.56 bits per heavy atom. The van der Waals surface area contributed by atoms with Gasteiger partial charge in [-0.25, -0.2) is 4.79 Å². The molecule has 0 radical (unpaired) electrons. The molecule has 0 amide bonds. The minimum absolute atomic E-state index is 0.0330. The van der Waals surface area contributed by atoms with Gasteiger partial charge in [-0.1, -0.05) is 16.5 Å². The summed E-state index contributed by atoms with van der Waals surface area (Å²) in [6.07, 6.45) is 1.06. The summed E-state index contributed by atoms with van der Waals surface area (Å²) in [5, 5.41) is 22.5. The van der Waals surface area contributed by atoms with E-state index in [1.165, 1.54) is 12.1 Å². The molecule has 82 valence electrons. The summed E-state index contributed by atoms with van der Waals surface area (Å²) in [6, 6.07) is 2.71. The molecule has 0 spiro atoms. The van der Waals surface area contributed by atoms with E-state index in [0.717, 1.165) is 17.5 Å². The Morgan fingerprint density at radius 2 is 2.31 bits per heavy atom. The fraction of sp³-hybridized carbons (Fsp3) is 0. The molecule has 8 heteroatoms. The quantitative estimate of drug-likeness (QED) is 0.649. The van der Waals surface area contributed by atoms with Crippen molar-refractivity contribution in [1.82, 2.24) is 5.16 Å². The van der Waals surface area contributed by atoms with Gasteiger partial charge in [-0.15, -0.1) is 0 Å². The number of hydrogen-bond donors (Lipinski definition) is 1. The van der Waals surface area contributed by atoms with Crippen LogP contribution in [0.4, 0.5) is 5.00 Å². The summed E-state index contributed by atoms with van der Waals surface area (Å²) in [7, 11) is 0. The minimum atomic E-state index is -1.19. The smallest absolute Gasteiger partial charge is 0.341 e. The van der Waals surface area contributed by atoms with Crippen LogP contribution in [0.15, 0.2) is 22.9 Å². The number of carbonyl (C=O) groups is 1. The van der Waals surface area contributed by atoms with Crippen LogP contribution in [0.3, 0.4) is 0 Å². The van der Waals surface area contributed by atoms with Crippen molar-refractivity contribution in [2.75, 3.05) is 0 Å². The molecule has 0 fully saturated rings. The summed E-state index contributed by atoms with van der Waals surface area (Å²) >= 11 is 0.834. The van der Waals surface area contributed by atoms with Crippen molar-refractivity contribution in [2.45, 2.75) is 0 Å². The lowest BCUT2D eigenvalue weighted by Crippen LogP contribution is -1.94. The van der Waals surface area contributed by atoms with Crippen LogP contribution in [0.1, 0.15) is 10.4 Å². The first-order chi connectivity index (χ1) is 7.59. The molecule has 2 aromatic heterocycles. The number of rotatable bonds is 3. The molecule has 0 aliphatic carbocycles. The monoisotopic (exact) mass is 240 g/mol. The van der Waals surface area contributed by atoms with E-state index in [-0.39, 0.29) is 16.3 Å². The van der Waals surface area contributed by atoms with Gasteiger partial charge < -0.3 is 9.63 Å². The average molecular weight is 240 g/mol. The zero-order valence-electron chi connectivity index (χ0n) is 7.61. The molecule has 0 saturated carbocycles. The van der Waals surface area contributed by atoms with E-state index in [4.69, 9.17) is 9.63 Å². The number of aromatic carboxylic acids is 1. The largest absolute Gasteiger partial charge is 0.477 e. The van der Waals surface area contributed by atoms with Crippen LogP contribution in [-0.2, 0) is 0 Å². The van der Waals surface area contributed by atoms with Gasteiger partial charge >= 0.3 is 11.0 Å². The van der Waals surface area contributed by atoms with Crippen LogP contribution < -0.4 is 0 Å². The molecule has 0 aromatic carbocycles. The Hall–Kier alpha value is -2.22. The maximum Gasteiger partial charge on any atom is 0.341 e. The highest BCUT2D eigenvalue weighted by Crippen LogP contribution is 2.34. The van der Waals surface area contributed by atoms with E-state index >= 15 is 0 Å². The first kappa shape index (κ1) is 10.3. The zero-order chi connectivity index (χ0) is 11.7.